The molecule has 1 N–H and O–H groups in total. The molecule has 0 bridgehead atoms. The van der Waals surface area contributed by atoms with Crippen LogP contribution in [0.25, 0.3) is 0 Å². The average Bonchev–Trinajstić information content (AvgIpc) is 2.65. The van der Waals surface area contributed by atoms with E-state index in [4.69, 9.17) is 4.74 Å². The maximum absolute atomic E-state index is 12.6. The van der Waals surface area contributed by atoms with Crippen molar-refractivity contribution in [3.8, 4) is 5.75 Å². The summed E-state index contributed by atoms with van der Waals surface area (Å²) in [5, 5.41) is 10.7. The second-order valence-electron chi connectivity index (χ2n) is 5.20. The Bertz CT molecular complexity index is 431. The molecule has 0 unspecified atom stereocenters. The van der Waals surface area contributed by atoms with E-state index in [1.807, 2.05) is 19.1 Å². The third-order valence-corrected chi connectivity index (χ3v) is 3.78. The summed E-state index contributed by atoms with van der Waals surface area (Å²) in [6, 6.07) is 7.20. The lowest BCUT2D eigenvalue weighted by Gasteiger charge is -2.25. The Morgan fingerprint density at radius 1 is 1.21 bits per heavy atom. The van der Waals surface area contributed by atoms with E-state index in [9.17, 15) is 9.90 Å². The molecule has 0 radical (unpaired) electrons. The maximum atomic E-state index is 12.6. The number of rotatable bonds is 4. The molecule has 0 saturated heterocycles. The van der Waals surface area contributed by atoms with Crippen LogP contribution < -0.4 is 4.74 Å². The van der Waals surface area contributed by atoms with E-state index < -0.39 is 5.60 Å². The first-order valence-corrected chi connectivity index (χ1v) is 7.16. The Morgan fingerprint density at radius 3 is 2.47 bits per heavy atom. The van der Waals surface area contributed by atoms with Crippen LogP contribution in [0.2, 0.25) is 0 Å². The standard InChI is InChI=1S/C16H22O3/c1-2-19-14-10-6-5-9-13(14)15(17)16(18)11-7-3-4-8-12-16/h5-6,9-10,18H,2-4,7-8,11-12H2,1H3. The third-order valence-electron chi connectivity index (χ3n) is 3.78. The van der Waals surface area contributed by atoms with E-state index in [0.717, 1.165) is 25.7 Å². The zero-order valence-corrected chi connectivity index (χ0v) is 11.5. The zero-order chi connectivity index (χ0) is 13.7. The highest BCUT2D eigenvalue weighted by molar-refractivity contribution is 6.04. The number of hydrogen-bond donors (Lipinski definition) is 1. The molecule has 1 aliphatic carbocycles. The highest BCUT2D eigenvalue weighted by Crippen LogP contribution is 2.32. The second-order valence-corrected chi connectivity index (χ2v) is 5.20. The van der Waals surface area contributed by atoms with Crippen molar-refractivity contribution >= 4 is 5.78 Å². The van der Waals surface area contributed by atoms with Crippen LogP contribution in [-0.4, -0.2) is 23.1 Å². The number of ether oxygens (including phenoxy) is 1. The fourth-order valence-electron chi connectivity index (χ4n) is 2.73. The van der Waals surface area contributed by atoms with Gasteiger partial charge >= 0.3 is 0 Å². The van der Waals surface area contributed by atoms with Gasteiger partial charge in [0.1, 0.15) is 11.4 Å². The van der Waals surface area contributed by atoms with E-state index >= 15 is 0 Å². The Hall–Kier alpha value is -1.35. The smallest absolute Gasteiger partial charge is 0.198 e. The molecule has 1 aliphatic rings. The summed E-state index contributed by atoms with van der Waals surface area (Å²) in [5.74, 6) is 0.395. The van der Waals surface area contributed by atoms with Crippen LogP contribution in [0.4, 0.5) is 0 Å². The number of aliphatic hydroxyl groups is 1. The van der Waals surface area contributed by atoms with Crippen molar-refractivity contribution in [3.05, 3.63) is 29.8 Å². The van der Waals surface area contributed by atoms with Gasteiger partial charge in [0.15, 0.2) is 5.78 Å². The topological polar surface area (TPSA) is 46.5 Å². The molecule has 0 heterocycles. The third kappa shape index (κ3) is 3.16. The fraction of sp³-hybridized carbons (Fsp3) is 0.562. The second kappa shape index (κ2) is 6.20. The minimum Gasteiger partial charge on any atom is -0.493 e. The van der Waals surface area contributed by atoms with E-state index in [-0.39, 0.29) is 5.78 Å². The lowest BCUT2D eigenvalue weighted by Crippen LogP contribution is -2.38. The minimum atomic E-state index is -1.20. The summed E-state index contributed by atoms with van der Waals surface area (Å²) in [7, 11) is 0. The van der Waals surface area contributed by atoms with E-state index in [2.05, 4.69) is 0 Å². The molecule has 19 heavy (non-hydrogen) atoms. The van der Waals surface area contributed by atoms with Gasteiger partial charge in [-0.1, -0.05) is 37.8 Å². The van der Waals surface area contributed by atoms with Gasteiger partial charge in [-0.05, 0) is 31.9 Å². The van der Waals surface area contributed by atoms with Crippen LogP contribution in [-0.2, 0) is 0 Å². The van der Waals surface area contributed by atoms with Crippen molar-refractivity contribution in [1.29, 1.82) is 0 Å². The molecule has 0 atom stereocenters. The number of Topliss-reactive ketones (excluding diaryl/α,β-unsaturated/α-hetero) is 1. The summed E-state index contributed by atoms with van der Waals surface area (Å²) < 4.78 is 5.49. The molecule has 3 nitrogen and oxygen atoms in total. The van der Waals surface area contributed by atoms with Crippen molar-refractivity contribution in [2.75, 3.05) is 6.61 Å². The maximum Gasteiger partial charge on any atom is 0.198 e. The SMILES string of the molecule is CCOc1ccccc1C(=O)C1(O)CCCCCC1. The Kier molecular flexibility index (Phi) is 4.59. The summed E-state index contributed by atoms with van der Waals surface area (Å²) in [4.78, 5) is 12.6. The van der Waals surface area contributed by atoms with Crippen molar-refractivity contribution < 1.29 is 14.6 Å². The quantitative estimate of drug-likeness (QED) is 0.668. The highest BCUT2D eigenvalue weighted by Gasteiger charge is 2.37. The number of benzene rings is 1. The molecule has 0 aliphatic heterocycles. The lowest BCUT2D eigenvalue weighted by atomic mass is 9.86. The molecule has 0 spiro atoms. The van der Waals surface area contributed by atoms with Gasteiger partial charge in [0.2, 0.25) is 0 Å². The van der Waals surface area contributed by atoms with E-state index in [0.29, 0.717) is 30.8 Å². The molecule has 1 aromatic rings. The number of para-hydroxylation sites is 1. The molecule has 1 aromatic carbocycles. The molecule has 0 amide bonds. The number of carbonyl (C=O) groups is 1. The van der Waals surface area contributed by atoms with Crippen molar-refractivity contribution in [2.45, 2.75) is 51.0 Å². The predicted molar refractivity (Wildman–Crippen MR) is 74.6 cm³/mol. The van der Waals surface area contributed by atoms with Crippen LogP contribution in [0.5, 0.6) is 5.75 Å². The van der Waals surface area contributed by atoms with Gasteiger partial charge in [-0.15, -0.1) is 0 Å². The largest absolute Gasteiger partial charge is 0.493 e. The molecular weight excluding hydrogens is 240 g/mol. The minimum absolute atomic E-state index is 0.182. The normalized spacial score (nSPS) is 18.6. The summed E-state index contributed by atoms with van der Waals surface area (Å²) in [6.07, 6.45) is 5.15. The predicted octanol–water partition coefficient (Wildman–Crippen LogP) is 3.35. The van der Waals surface area contributed by atoms with Crippen molar-refractivity contribution in [2.24, 2.45) is 0 Å². The van der Waals surface area contributed by atoms with Crippen molar-refractivity contribution in [3.63, 3.8) is 0 Å². The zero-order valence-electron chi connectivity index (χ0n) is 11.5. The van der Waals surface area contributed by atoms with Crippen LogP contribution in [0, 0.1) is 0 Å². The molecule has 1 fully saturated rings. The summed E-state index contributed by atoms with van der Waals surface area (Å²) >= 11 is 0. The summed E-state index contributed by atoms with van der Waals surface area (Å²) in [6.45, 7) is 2.41. The fourth-order valence-corrected chi connectivity index (χ4v) is 2.73. The molecule has 0 aromatic heterocycles. The van der Waals surface area contributed by atoms with Gasteiger partial charge < -0.3 is 9.84 Å². The highest BCUT2D eigenvalue weighted by atomic mass is 16.5. The molecule has 3 heteroatoms. The number of carbonyl (C=O) groups excluding carboxylic acids is 1. The lowest BCUT2D eigenvalue weighted by molar-refractivity contribution is 0.0235. The van der Waals surface area contributed by atoms with Gasteiger partial charge in [-0.2, -0.15) is 0 Å². The Balaban J connectivity index is 2.27. The molecule has 104 valence electrons. The Labute approximate surface area is 114 Å². The summed E-state index contributed by atoms with van der Waals surface area (Å²) in [5.41, 5.74) is -0.697. The number of hydrogen-bond acceptors (Lipinski definition) is 3. The number of ketones is 1. The van der Waals surface area contributed by atoms with E-state index in [1.54, 1.807) is 12.1 Å². The first-order chi connectivity index (χ1) is 9.17. The Morgan fingerprint density at radius 2 is 1.84 bits per heavy atom. The van der Waals surface area contributed by atoms with Crippen LogP contribution >= 0.6 is 0 Å². The average molecular weight is 262 g/mol. The van der Waals surface area contributed by atoms with Gasteiger partial charge in [0.25, 0.3) is 0 Å². The van der Waals surface area contributed by atoms with Gasteiger partial charge in [-0.3, -0.25) is 4.79 Å². The molecule has 2 rings (SSSR count). The first-order valence-electron chi connectivity index (χ1n) is 7.16. The van der Waals surface area contributed by atoms with Gasteiger partial charge in [0, 0.05) is 0 Å². The van der Waals surface area contributed by atoms with Crippen LogP contribution in [0.15, 0.2) is 24.3 Å². The molecular formula is C16H22O3. The van der Waals surface area contributed by atoms with E-state index in [1.165, 1.54) is 0 Å². The monoisotopic (exact) mass is 262 g/mol. The molecule has 1 saturated carbocycles. The van der Waals surface area contributed by atoms with Crippen molar-refractivity contribution in [1.82, 2.24) is 0 Å². The van der Waals surface area contributed by atoms with Gasteiger partial charge in [-0.25, -0.2) is 0 Å². The van der Waals surface area contributed by atoms with Crippen LogP contribution in [0.3, 0.4) is 0 Å². The first kappa shape index (κ1) is 14.1. The van der Waals surface area contributed by atoms with Gasteiger partial charge in [0.05, 0.1) is 12.2 Å². The van der Waals surface area contributed by atoms with Crippen LogP contribution in [0.1, 0.15) is 55.8 Å².